The number of amides is 2. The standard InChI is InChI=1S/C14H11NO3/c16-10-8-4-1-2-5-9(8)13-6-3-7-14(10,13)12(18)15-11(13)17/h1-2,4-5H,3,6-7H2,(H,15,17,18). The van der Waals surface area contributed by atoms with Gasteiger partial charge in [-0.3, -0.25) is 19.7 Å². The van der Waals surface area contributed by atoms with Gasteiger partial charge in [-0.15, -0.1) is 0 Å². The molecule has 0 radical (unpaired) electrons. The first-order valence-corrected chi connectivity index (χ1v) is 6.15. The van der Waals surface area contributed by atoms with E-state index in [0.29, 0.717) is 18.4 Å². The van der Waals surface area contributed by atoms with E-state index in [1.807, 2.05) is 12.1 Å². The van der Waals surface area contributed by atoms with Crippen LogP contribution in [0.4, 0.5) is 0 Å². The van der Waals surface area contributed by atoms with Gasteiger partial charge in [0.25, 0.3) is 0 Å². The molecule has 1 aromatic rings. The van der Waals surface area contributed by atoms with Gasteiger partial charge in [0, 0.05) is 5.56 Å². The predicted octanol–water partition coefficient (Wildman–Crippen LogP) is 0.947. The summed E-state index contributed by atoms with van der Waals surface area (Å²) in [4.78, 5) is 37.1. The van der Waals surface area contributed by atoms with Gasteiger partial charge in [0.05, 0.1) is 5.41 Å². The third-order valence-electron chi connectivity index (χ3n) is 4.85. The Kier molecular flexibility index (Phi) is 1.51. The third kappa shape index (κ3) is 0.707. The van der Waals surface area contributed by atoms with Gasteiger partial charge in [0.1, 0.15) is 5.41 Å². The summed E-state index contributed by atoms with van der Waals surface area (Å²) in [6, 6.07) is 7.15. The minimum atomic E-state index is -1.15. The van der Waals surface area contributed by atoms with Crippen molar-refractivity contribution in [2.45, 2.75) is 24.7 Å². The van der Waals surface area contributed by atoms with E-state index in [0.717, 1.165) is 12.0 Å². The third-order valence-corrected chi connectivity index (χ3v) is 4.85. The highest BCUT2D eigenvalue weighted by Crippen LogP contribution is 2.63. The Morgan fingerprint density at radius 2 is 1.61 bits per heavy atom. The summed E-state index contributed by atoms with van der Waals surface area (Å²) in [5.74, 6) is -0.853. The summed E-state index contributed by atoms with van der Waals surface area (Å²) in [6.45, 7) is 0. The molecule has 1 N–H and O–H groups in total. The molecule has 0 aromatic heterocycles. The Hall–Kier alpha value is -1.97. The van der Waals surface area contributed by atoms with Crippen LogP contribution in [0, 0.1) is 5.41 Å². The zero-order valence-corrected chi connectivity index (χ0v) is 9.66. The normalized spacial score (nSPS) is 36.3. The van der Waals surface area contributed by atoms with E-state index in [1.54, 1.807) is 12.1 Å². The number of imide groups is 1. The number of ketones is 1. The van der Waals surface area contributed by atoms with Crippen LogP contribution in [-0.4, -0.2) is 17.6 Å². The zero-order valence-electron chi connectivity index (χ0n) is 9.66. The second-order valence-corrected chi connectivity index (χ2v) is 5.32. The molecule has 3 aliphatic rings. The van der Waals surface area contributed by atoms with Crippen molar-refractivity contribution < 1.29 is 14.4 Å². The molecule has 2 amide bonds. The molecule has 4 rings (SSSR count). The first kappa shape index (κ1) is 10.00. The molecule has 18 heavy (non-hydrogen) atoms. The molecule has 1 aromatic carbocycles. The van der Waals surface area contributed by atoms with Gasteiger partial charge in [-0.25, -0.2) is 0 Å². The largest absolute Gasteiger partial charge is 0.295 e. The first-order chi connectivity index (χ1) is 8.64. The lowest BCUT2D eigenvalue weighted by molar-refractivity contribution is -0.127. The highest BCUT2D eigenvalue weighted by molar-refractivity contribution is 6.30. The van der Waals surface area contributed by atoms with Crippen molar-refractivity contribution >= 4 is 17.6 Å². The molecule has 0 spiro atoms. The van der Waals surface area contributed by atoms with Crippen LogP contribution < -0.4 is 5.32 Å². The fourth-order valence-electron chi connectivity index (χ4n) is 4.16. The number of hydrogen-bond donors (Lipinski definition) is 1. The van der Waals surface area contributed by atoms with Gasteiger partial charge in [0.2, 0.25) is 11.8 Å². The lowest BCUT2D eigenvalue weighted by atomic mass is 9.67. The maximum Gasteiger partial charge on any atom is 0.242 e. The lowest BCUT2D eigenvalue weighted by Crippen LogP contribution is -2.43. The number of benzene rings is 1. The predicted molar refractivity (Wildman–Crippen MR) is 61.9 cm³/mol. The van der Waals surface area contributed by atoms with Gasteiger partial charge in [-0.1, -0.05) is 30.7 Å². The van der Waals surface area contributed by atoms with Crippen LogP contribution in [0.3, 0.4) is 0 Å². The Labute approximate surface area is 103 Å². The maximum atomic E-state index is 12.6. The number of carbonyl (C=O) groups is 3. The number of Topliss-reactive ketones (excluding diaryl/α,β-unsaturated/α-hetero) is 1. The Morgan fingerprint density at radius 3 is 2.44 bits per heavy atom. The molecule has 1 saturated heterocycles. The topological polar surface area (TPSA) is 63.2 Å². The number of fused-ring (bicyclic) bond motifs is 1. The molecule has 1 heterocycles. The second kappa shape index (κ2) is 2.71. The first-order valence-electron chi connectivity index (χ1n) is 6.15. The van der Waals surface area contributed by atoms with E-state index in [9.17, 15) is 14.4 Å². The molecular weight excluding hydrogens is 230 g/mol. The molecule has 90 valence electrons. The molecule has 2 unspecified atom stereocenters. The number of rotatable bonds is 0. The lowest BCUT2D eigenvalue weighted by Gasteiger charge is -2.27. The van der Waals surface area contributed by atoms with Crippen LogP contribution in [0.5, 0.6) is 0 Å². The van der Waals surface area contributed by atoms with Crippen LogP contribution >= 0.6 is 0 Å². The molecule has 1 aliphatic heterocycles. The van der Waals surface area contributed by atoms with E-state index in [1.165, 1.54) is 0 Å². The van der Waals surface area contributed by atoms with Crippen molar-refractivity contribution in [1.82, 2.24) is 5.32 Å². The molecule has 1 saturated carbocycles. The van der Waals surface area contributed by atoms with Gasteiger partial charge < -0.3 is 0 Å². The minimum Gasteiger partial charge on any atom is -0.295 e. The molecule has 0 bridgehead atoms. The average Bonchev–Trinajstić information content (AvgIpc) is 2.93. The fourth-order valence-corrected chi connectivity index (χ4v) is 4.16. The van der Waals surface area contributed by atoms with Crippen molar-refractivity contribution in [1.29, 1.82) is 0 Å². The van der Waals surface area contributed by atoms with Crippen LogP contribution in [-0.2, 0) is 15.0 Å². The van der Waals surface area contributed by atoms with Crippen LogP contribution in [0.2, 0.25) is 0 Å². The molecule has 2 fully saturated rings. The molecule has 4 nitrogen and oxygen atoms in total. The number of carbonyl (C=O) groups excluding carboxylic acids is 3. The van der Waals surface area contributed by atoms with Gasteiger partial charge in [-0.05, 0) is 18.4 Å². The highest BCUT2D eigenvalue weighted by Gasteiger charge is 2.76. The van der Waals surface area contributed by atoms with Crippen molar-refractivity contribution in [2.75, 3.05) is 0 Å². The smallest absolute Gasteiger partial charge is 0.242 e. The highest BCUT2D eigenvalue weighted by atomic mass is 16.2. The second-order valence-electron chi connectivity index (χ2n) is 5.32. The summed E-state index contributed by atoms with van der Waals surface area (Å²) in [5, 5.41) is 2.37. The van der Waals surface area contributed by atoms with Crippen molar-refractivity contribution in [3.05, 3.63) is 35.4 Å². The van der Waals surface area contributed by atoms with Gasteiger partial charge >= 0.3 is 0 Å². The summed E-state index contributed by atoms with van der Waals surface area (Å²) in [6.07, 6.45) is 1.82. The number of nitrogens with one attached hydrogen (secondary N) is 1. The Morgan fingerprint density at radius 1 is 0.944 bits per heavy atom. The molecule has 2 atom stereocenters. The van der Waals surface area contributed by atoms with E-state index in [2.05, 4.69) is 5.32 Å². The van der Waals surface area contributed by atoms with Crippen LogP contribution in [0.15, 0.2) is 24.3 Å². The summed E-state index contributed by atoms with van der Waals surface area (Å²) >= 11 is 0. The van der Waals surface area contributed by atoms with E-state index < -0.39 is 16.7 Å². The van der Waals surface area contributed by atoms with Crippen molar-refractivity contribution in [3.8, 4) is 0 Å². The van der Waals surface area contributed by atoms with Crippen LogP contribution in [0.25, 0.3) is 0 Å². The molecule has 4 heteroatoms. The van der Waals surface area contributed by atoms with Crippen molar-refractivity contribution in [3.63, 3.8) is 0 Å². The van der Waals surface area contributed by atoms with E-state index in [4.69, 9.17) is 0 Å². The number of hydrogen-bond acceptors (Lipinski definition) is 3. The maximum absolute atomic E-state index is 12.6. The zero-order chi connectivity index (χ0) is 12.5. The summed E-state index contributed by atoms with van der Waals surface area (Å²) in [5.41, 5.74) is -0.762. The van der Waals surface area contributed by atoms with E-state index in [-0.39, 0.29) is 11.7 Å². The van der Waals surface area contributed by atoms with Crippen LogP contribution in [0.1, 0.15) is 35.2 Å². The molecule has 2 aliphatic carbocycles. The Bertz CT molecular complexity index is 636. The monoisotopic (exact) mass is 241 g/mol. The fraction of sp³-hybridized carbons (Fsp3) is 0.357. The quantitative estimate of drug-likeness (QED) is 0.543. The minimum absolute atomic E-state index is 0.168. The Balaban J connectivity index is 2.15. The summed E-state index contributed by atoms with van der Waals surface area (Å²) < 4.78 is 0. The van der Waals surface area contributed by atoms with Crippen molar-refractivity contribution in [2.24, 2.45) is 5.41 Å². The molecular formula is C14H11NO3. The average molecular weight is 241 g/mol. The summed E-state index contributed by atoms with van der Waals surface area (Å²) in [7, 11) is 0. The van der Waals surface area contributed by atoms with Gasteiger partial charge in [0.15, 0.2) is 5.78 Å². The van der Waals surface area contributed by atoms with Gasteiger partial charge in [-0.2, -0.15) is 0 Å². The van der Waals surface area contributed by atoms with E-state index >= 15 is 0 Å². The SMILES string of the molecule is O=C1NC(=O)C23CCCC12C(=O)c1ccccc13.